The SMILES string of the molecule is O=C(CN1CCCN(C(=O)c2ccc(F)cc2)CC1)NC1CCCC1. The fourth-order valence-electron chi connectivity index (χ4n) is 3.65. The van der Waals surface area contributed by atoms with Crippen molar-refractivity contribution in [1.82, 2.24) is 15.1 Å². The van der Waals surface area contributed by atoms with Crippen molar-refractivity contribution in [2.24, 2.45) is 0 Å². The van der Waals surface area contributed by atoms with Crippen LogP contribution in [-0.2, 0) is 4.79 Å². The van der Waals surface area contributed by atoms with E-state index in [-0.39, 0.29) is 17.6 Å². The van der Waals surface area contributed by atoms with Crippen LogP contribution in [0.1, 0.15) is 42.5 Å². The van der Waals surface area contributed by atoms with Gasteiger partial charge in [0.2, 0.25) is 5.91 Å². The molecule has 1 aliphatic carbocycles. The maximum atomic E-state index is 13.0. The summed E-state index contributed by atoms with van der Waals surface area (Å²) in [6.45, 7) is 3.15. The van der Waals surface area contributed by atoms with E-state index in [4.69, 9.17) is 0 Å². The molecule has 1 saturated heterocycles. The van der Waals surface area contributed by atoms with E-state index in [2.05, 4.69) is 10.2 Å². The largest absolute Gasteiger partial charge is 0.352 e. The highest BCUT2D eigenvalue weighted by Gasteiger charge is 2.23. The van der Waals surface area contributed by atoms with Gasteiger partial charge < -0.3 is 10.2 Å². The van der Waals surface area contributed by atoms with Gasteiger partial charge in [0.05, 0.1) is 6.54 Å². The second-order valence-corrected chi connectivity index (χ2v) is 6.98. The van der Waals surface area contributed by atoms with Crippen LogP contribution < -0.4 is 5.32 Å². The molecule has 1 heterocycles. The Morgan fingerprint density at radius 2 is 1.72 bits per heavy atom. The van der Waals surface area contributed by atoms with Gasteiger partial charge in [-0.25, -0.2) is 4.39 Å². The number of benzene rings is 1. The predicted octanol–water partition coefficient (Wildman–Crippen LogP) is 2.03. The number of amides is 2. The number of rotatable bonds is 4. The van der Waals surface area contributed by atoms with Gasteiger partial charge in [0, 0.05) is 37.8 Å². The molecule has 0 spiro atoms. The number of nitrogens with zero attached hydrogens (tertiary/aromatic N) is 2. The molecule has 0 unspecified atom stereocenters. The van der Waals surface area contributed by atoms with E-state index < -0.39 is 0 Å². The van der Waals surface area contributed by atoms with E-state index in [1.165, 1.54) is 37.1 Å². The molecule has 3 rings (SSSR count). The number of hydrogen-bond acceptors (Lipinski definition) is 3. The first-order valence-corrected chi connectivity index (χ1v) is 9.18. The van der Waals surface area contributed by atoms with Crippen LogP contribution in [0.15, 0.2) is 24.3 Å². The van der Waals surface area contributed by atoms with Crippen molar-refractivity contribution in [1.29, 1.82) is 0 Å². The Kier molecular flexibility index (Phi) is 6.02. The molecule has 2 amide bonds. The standard InChI is InChI=1S/C19H26FN3O2/c20-16-8-6-15(7-9-16)19(25)23-11-3-10-22(12-13-23)14-18(24)21-17-4-1-2-5-17/h6-9,17H,1-5,10-14H2,(H,21,24). The highest BCUT2D eigenvalue weighted by Crippen LogP contribution is 2.17. The molecule has 0 aromatic heterocycles. The van der Waals surface area contributed by atoms with E-state index >= 15 is 0 Å². The average Bonchev–Trinajstić information content (AvgIpc) is 2.99. The molecule has 2 aliphatic rings. The summed E-state index contributed by atoms with van der Waals surface area (Å²) in [5.41, 5.74) is 0.508. The van der Waals surface area contributed by atoms with Crippen LogP contribution in [0.5, 0.6) is 0 Å². The first-order chi connectivity index (χ1) is 12.1. The zero-order chi connectivity index (χ0) is 17.6. The predicted molar refractivity (Wildman–Crippen MR) is 93.8 cm³/mol. The molecular formula is C19H26FN3O2. The Bertz CT molecular complexity index is 599. The Morgan fingerprint density at radius 1 is 1.00 bits per heavy atom. The van der Waals surface area contributed by atoms with Crippen LogP contribution in [-0.4, -0.2) is 60.4 Å². The summed E-state index contributed by atoms with van der Waals surface area (Å²) in [6, 6.07) is 6.01. The van der Waals surface area contributed by atoms with Crippen molar-refractivity contribution < 1.29 is 14.0 Å². The average molecular weight is 347 g/mol. The van der Waals surface area contributed by atoms with E-state index in [0.717, 1.165) is 25.8 Å². The first-order valence-electron chi connectivity index (χ1n) is 9.18. The number of halogens is 1. The lowest BCUT2D eigenvalue weighted by Crippen LogP contribution is -2.42. The van der Waals surface area contributed by atoms with Crippen molar-refractivity contribution >= 4 is 11.8 Å². The zero-order valence-electron chi connectivity index (χ0n) is 14.5. The second kappa shape index (κ2) is 8.43. The lowest BCUT2D eigenvalue weighted by molar-refractivity contribution is -0.122. The van der Waals surface area contributed by atoms with Crippen LogP contribution in [0.25, 0.3) is 0 Å². The smallest absolute Gasteiger partial charge is 0.253 e. The van der Waals surface area contributed by atoms with Crippen LogP contribution in [0.3, 0.4) is 0 Å². The molecule has 1 saturated carbocycles. The van der Waals surface area contributed by atoms with Crippen molar-refractivity contribution in [3.63, 3.8) is 0 Å². The van der Waals surface area contributed by atoms with Gasteiger partial charge in [-0.15, -0.1) is 0 Å². The minimum Gasteiger partial charge on any atom is -0.352 e. The van der Waals surface area contributed by atoms with E-state index in [1.807, 2.05) is 0 Å². The third-order valence-corrected chi connectivity index (χ3v) is 5.05. The van der Waals surface area contributed by atoms with Gasteiger partial charge in [-0.1, -0.05) is 12.8 Å². The molecule has 136 valence electrons. The van der Waals surface area contributed by atoms with Crippen molar-refractivity contribution in [2.75, 3.05) is 32.7 Å². The zero-order valence-corrected chi connectivity index (χ0v) is 14.5. The van der Waals surface area contributed by atoms with E-state index in [1.54, 1.807) is 4.90 Å². The lowest BCUT2D eigenvalue weighted by Gasteiger charge is -2.22. The molecule has 25 heavy (non-hydrogen) atoms. The van der Waals surface area contributed by atoms with E-state index in [0.29, 0.717) is 37.8 Å². The van der Waals surface area contributed by atoms with Gasteiger partial charge in [-0.2, -0.15) is 0 Å². The summed E-state index contributed by atoms with van der Waals surface area (Å²) < 4.78 is 13.0. The van der Waals surface area contributed by atoms with Gasteiger partial charge in [0.1, 0.15) is 5.82 Å². The first kappa shape index (κ1) is 17.9. The lowest BCUT2D eigenvalue weighted by atomic mass is 10.2. The molecule has 1 N–H and O–H groups in total. The third kappa shape index (κ3) is 5.01. The third-order valence-electron chi connectivity index (χ3n) is 5.05. The Morgan fingerprint density at radius 3 is 2.44 bits per heavy atom. The van der Waals surface area contributed by atoms with Crippen LogP contribution in [0, 0.1) is 5.82 Å². The number of carbonyl (C=O) groups excluding carboxylic acids is 2. The van der Waals surface area contributed by atoms with Gasteiger partial charge in [0.25, 0.3) is 5.91 Å². The summed E-state index contributed by atoms with van der Waals surface area (Å²) in [4.78, 5) is 28.6. The minimum absolute atomic E-state index is 0.0720. The summed E-state index contributed by atoms with van der Waals surface area (Å²) >= 11 is 0. The number of hydrogen-bond donors (Lipinski definition) is 1. The fraction of sp³-hybridized carbons (Fsp3) is 0.579. The molecule has 1 aromatic rings. The van der Waals surface area contributed by atoms with Gasteiger partial charge in [-0.3, -0.25) is 14.5 Å². The quantitative estimate of drug-likeness (QED) is 0.907. The number of carbonyl (C=O) groups is 2. The van der Waals surface area contributed by atoms with Crippen LogP contribution in [0.2, 0.25) is 0 Å². The number of nitrogens with one attached hydrogen (secondary N) is 1. The molecule has 1 aliphatic heterocycles. The molecule has 5 nitrogen and oxygen atoms in total. The molecule has 1 aromatic carbocycles. The normalized spacial score (nSPS) is 19.6. The molecule has 2 fully saturated rings. The topological polar surface area (TPSA) is 52.7 Å². The molecule has 0 bridgehead atoms. The molecule has 6 heteroatoms. The Labute approximate surface area is 148 Å². The van der Waals surface area contributed by atoms with Crippen molar-refractivity contribution in [2.45, 2.75) is 38.1 Å². The highest BCUT2D eigenvalue weighted by atomic mass is 19.1. The fourth-order valence-corrected chi connectivity index (χ4v) is 3.65. The maximum Gasteiger partial charge on any atom is 0.253 e. The second-order valence-electron chi connectivity index (χ2n) is 6.98. The summed E-state index contributed by atoms with van der Waals surface area (Å²) in [5.74, 6) is -0.325. The summed E-state index contributed by atoms with van der Waals surface area (Å²) in [5, 5.41) is 3.12. The Hall–Kier alpha value is -1.95. The van der Waals surface area contributed by atoms with Crippen molar-refractivity contribution in [3.8, 4) is 0 Å². The Balaban J connectivity index is 1.48. The maximum absolute atomic E-state index is 13.0. The van der Waals surface area contributed by atoms with Gasteiger partial charge in [-0.05, 0) is 43.5 Å². The van der Waals surface area contributed by atoms with Gasteiger partial charge in [0.15, 0.2) is 0 Å². The molecule has 0 atom stereocenters. The summed E-state index contributed by atoms with van der Waals surface area (Å²) in [6.07, 6.45) is 5.42. The molecule has 0 radical (unpaired) electrons. The monoisotopic (exact) mass is 347 g/mol. The highest BCUT2D eigenvalue weighted by molar-refractivity contribution is 5.94. The molecular weight excluding hydrogens is 321 g/mol. The van der Waals surface area contributed by atoms with E-state index in [9.17, 15) is 14.0 Å². The summed E-state index contributed by atoms with van der Waals surface area (Å²) in [7, 11) is 0. The minimum atomic E-state index is -0.341. The van der Waals surface area contributed by atoms with Crippen molar-refractivity contribution in [3.05, 3.63) is 35.6 Å². The van der Waals surface area contributed by atoms with Crippen LogP contribution in [0.4, 0.5) is 4.39 Å². The van der Waals surface area contributed by atoms with Crippen LogP contribution >= 0.6 is 0 Å². The van der Waals surface area contributed by atoms with Gasteiger partial charge >= 0.3 is 0 Å².